The summed E-state index contributed by atoms with van der Waals surface area (Å²) < 4.78 is 17.0. The average Bonchev–Trinajstić information content (AvgIpc) is 3.17. The van der Waals surface area contributed by atoms with Crippen LogP contribution in [0.3, 0.4) is 0 Å². The van der Waals surface area contributed by atoms with Gasteiger partial charge in [-0.05, 0) is 99.0 Å². The van der Waals surface area contributed by atoms with Crippen molar-refractivity contribution in [2.75, 3.05) is 0 Å². The van der Waals surface area contributed by atoms with Crippen molar-refractivity contribution in [2.24, 2.45) is 28.6 Å². The monoisotopic (exact) mass is 548 g/mol. The van der Waals surface area contributed by atoms with Gasteiger partial charge in [-0.3, -0.25) is 0 Å². The minimum atomic E-state index is -1.32. The summed E-state index contributed by atoms with van der Waals surface area (Å²) in [5, 5.41) is 54.8. The van der Waals surface area contributed by atoms with Crippen LogP contribution in [-0.4, -0.2) is 74.0 Å². The van der Waals surface area contributed by atoms with Gasteiger partial charge in [0.1, 0.15) is 18.3 Å². The molecule has 0 bridgehead atoms. The van der Waals surface area contributed by atoms with Crippen molar-refractivity contribution in [1.29, 1.82) is 0 Å². The Morgan fingerprint density at radius 2 is 1.74 bits per heavy atom. The summed E-state index contributed by atoms with van der Waals surface area (Å²) in [4.78, 5) is 11.6. The summed E-state index contributed by atoms with van der Waals surface area (Å²) in [6, 6.07) is 3.24. The molecule has 1 aromatic heterocycles. The smallest absolute Gasteiger partial charge is 0.335 e. The van der Waals surface area contributed by atoms with Gasteiger partial charge in [-0.15, -0.1) is 0 Å². The molecule has 9 heteroatoms. The molecule has 5 fully saturated rings. The van der Waals surface area contributed by atoms with Gasteiger partial charge in [0.05, 0.1) is 30.2 Å². The lowest BCUT2D eigenvalue weighted by Crippen LogP contribution is -2.66. The second-order valence-electron chi connectivity index (χ2n) is 13.7. The van der Waals surface area contributed by atoms with E-state index >= 15 is 0 Å². The van der Waals surface area contributed by atoms with E-state index in [4.69, 9.17) is 13.9 Å². The summed E-state index contributed by atoms with van der Waals surface area (Å²) in [6.07, 6.45) is 1.36. The number of ether oxygens (including phenoxy) is 2. The van der Waals surface area contributed by atoms with Crippen LogP contribution in [0, 0.1) is 28.6 Å². The number of hydrogen-bond acceptors (Lipinski definition) is 9. The van der Waals surface area contributed by atoms with E-state index in [1.54, 1.807) is 13.0 Å². The molecule has 14 atom stereocenters. The third-order valence-electron chi connectivity index (χ3n) is 12.0. The van der Waals surface area contributed by atoms with Crippen LogP contribution in [0.2, 0.25) is 0 Å². The zero-order valence-electron chi connectivity index (χ0n) is 23.1. The van der Waals surface area contributed by atoms with E-state index in [1.807, 2.05) is 0 Å². The van der Waals surface area contributed by atoms with Crippen LogP contribution < -0.4 is 5.63 Å². The Morgan fingerprint density at radius 3 is 2.46 bits per heavy atom. The second-order valence-corrected chi connectivity index (χ2v) is 13.7. The summed E-state index contributed by atoms with van der Waals surface area (Å²) in [6.45, 7) is 6.03. The molecule has 1 aromatic rings. The molecule has 6 rings (SSSR count). The number of rotatable bonds is 3. The molecule has 4 aliphatic carbocycles. The molecule has 0 radical (unpaired) electrons. The molecule has 0 amide bonds. The van der Waals surface area contributed by atoms with Crippen molar-refractivity contribution in [2.45, 2.75) is 127 Å². The maximum absolute atomic E-state index is 12.4. The molecule has 1 saturated heterocycles. The first-order valence-corrected chi connectivity index (χ1v) is 14.7. The highest BCUT2D eigenvalue weighted by atomic mass is 16.7. The van der Waals surface area contributed by atoms with Gasteiger partial charge in [0.2, 0.25) is 0 Å². The van der Waals surface area contributed by atoms with Crippen molar-refractivity contribution >= 4 is 0 Å². The normalized spacial score (nSPS) is 53.5. The van der Waals surface area contributed by atoms with Gasteiger partial charge in [-0.25, -0.2) is 4.79 Å². The van der Waals surface area contributed by atoms with Crippen molar-refractivity contribution in [3.8, 4) is 0 Å². The molecule has 1 aliphatic heterocycles. The predicted octanol–water partition coefficient (Wildman–Crippen LogP) is 2.06. The maximum atomic E-state index is 12.4. The third kappa shape index (κ3) is 4.10. The molecule has 5 N–H and O–H groups in total. The van der Waals surface area contributed by atoms with E-state index in [-0.39, 0.29) is 40.8 Å². The van der Waals surface area contributed by atoms with E-state index in [0.717, 1.165) is 44.1 Å². The molecule has 5 aliphatic rings. The molecule has 39 heavy (non-hydrogen) atoms. The van der Waals surface area contributed by atoms with E-state index in [0.29, 0.717) is 12.8 Å². The Labute approximate surface area is 229 Å². The topological polar surface area (TPSA) is 150 Å². The van der Waals surface area contributed by atoms with Gasteiger partial charge in [-0.1, -0.05) is 13.8 Å². The van der Waals surface area contributed by atoms with Crippen LogP contribution in [0.1, 0.15) is 83.6 Å². The molecule has 2 heterocycles. The highest BCUT2D eigenvalue weighted by molar-refractivity contribution is 5.28. The molecule has 218 valence electrons. The minimum Gasteiger partial charge on any atom is -0.431 e. The fourth-order valence-electron chi connectivity index (χ4n) is 9.83. The zero-order chi connectivity index (χ0) is 27.9. The van der Waals surface area contributed by atoms with Crippen molar-refractivity contribution in [3.05, 3.63) is 34.4 Å². The van der Waals surface area contributed by atoms with E-state index in [2.05, 4.69) is 13.8 Å². The van der Waals surface area contributed by atoms with E-state index in [9.17, 15) is 30.3 Å². The minimum absolute atomic E-state index is 0.00953. The molecular weight excluding hydrogens is 504 g/mol. The summed E-state index contributed by atoms with van der Waals surface area (Å²) in [5.74, 6) is 0.243. The molecular formula is C30H44O9. The number of fused-ring (bicyclic) bond motifs is 5. The number of aliphatic hydroxyl groups is 5. The second kappa shape index (κ2) is 9.61. The van der Waals surface area contributed by atoms with Crippen molar-refractivity contribution in [1.82, 2.24) is 0 Å². The molecule has 5 unspecified atom stereocenters. The molecule has 4 saturated carbocycles. The quantitative estimate of drug-likeness (QED) is 0.358. The van der Waals surface area contributed by atoms with Crippen molar-refractivity contribution < 1.29 is 39.4 Å². The summed E-state index contributed by atoms with van der Waals surface area (Å²) in [5.41, 5.74) is -1.07. The largest absolute Gasteiger partial charge is 0.431 e. The van der Waals surface area contributed by atoms with Crippen LogP contribution >= 0.6 is 0 Å². The van der Waals surface area contributed by atoms with Crippen LogP contribution in [0.5, 0.6) is 0 Å². The zero-order valence-corrected chi connectivity index (χ0v) is 23.1. The molecule has 0 aromatic carbocycles. The fraction of sp³-hybridized carbons (Fsp3) is 0.833. The first-order valence-electron chi connectivity index (χ1n) is 14.7. The first kappa shape index (κ1) is 27.8. The lowest BCUT2D eigenvalue weighted by Gasteiger charge is -2.65. The highest BCUT2D eigenvalue weighted by Crippen LogP contribution is 2.70. The van der Waals surface area contributed by atoms with Gasteiger partial charge >= 0.3 is 5.63 Å². The molecule has 0 spiro atoms. The highest BCUT2D eigenvalue weighted by Gasteiger charge is 2.69. The third-order valence-corrected chi connectivity index (χ3v) is 12.0. The predicted molar refractivity (Wildman–Crippen MR) is 140 cm³/mol. The lowest BCUT2D eigenvalue weighted by molar-refractivity contribution is -0.311. The summed E-state index contributed by atoms with van der Waals surface area (Å²) >= 11 is 0. The van der Waals surface area contributed by atoms with Gasteiger partial charge < -0.3 is 39.4 Å². The van der Waals surface area contributed by atoms with Gasteiger partial charge in [0.25, 0.3) is 0 Å². The van der Waals surface area contributed by atoms with Crippen LogP contribution in [0.15, 0.2) is 27.6 Å². The van der Waals surface area contributed by atoms with Crippen LogP contribution in [-0.2, 0) is 9.47 Å². The fourth-order valence-corrected chi connectivity index (χ4v) is 9.83. The molecule has 9 nitrogen and oxygen atoms in total. The van der Waals surface area contributed by atoms with Gasteiger partial charge in [0, 0.05) is 11.5 Å². The standard InChI is InChI=1S/C30H44O9/c1-15-24(33)25(34)26(35)27(38-15)39-18-8-10-28(2)17(12-18)5-6-20-23(28)21(31)13-29(3)19(9-11-30(20,29)36)16-4-7-22(32)37-14-16/h4,7,14-15,17-21,23-27,31,33-36H,5-6,8-13H2,1-3H3/t15-,17?,18?,19+,20?,21?,23?,24-,25+,26+,27-,28-,29+,30-/m0/s1. The number of hydrogen-bond donors (Lipinski definition) is 5. The van der Waals surface area contributed by atoms with Crippen molar-refractivity contribution in [3.63, 3.8) is 0 Å². The van der Waals surface area contributed by atoms with Crippen LogP contribution in [0.4, 0.5) is 0 Å². The Kier molecular flexibility index (Phi) is 6.86. The Hall–Kier alpha value is -1.33. The van der Waals surface area contributed by atoms with Gasteiger partial charge in [0.15, 0.2) is 6.29 Å². The SMILES string of the molecule is C[C@@H]1O[C@@H](OC2CC[C@@]3(C)C(CCC4C3C(O)C[C@]3(C)[C@@H](c5ccc(=O)oc5)CC[C@]43O)C2)[C@H](O)[C@H](O)[C@H]1O. The maximum Gasteiger partial charge on any atom is 0.335 e. The number of aliphatic hydroxyl groups excluding tert-OH is 4. The summed E-state index contributed by atoms with van der Waals surface area (Å²) in [7, 11) is 0. The van der Waals surface area contributed by atoms with E-state index < -0.39 is 47.8 Å². The van der Waals surface area contributed by atoms with Gasteiger partial charge in [-0.2, -0.15) is 0 Å². The average molecular weight is 549 g/mol. The Morgan fingerprint density at radius 1 is 0.974 bits per heavy atom. The Bertz CT molecular complexity index is 1100. The van der Waals surface area contributed by atoms with Crippen LogP contribution in [0.25, 0.3) is 0 Å². The van der Waals surface area contributed by atoms with E-state index in [1.165, 1.54) is 12.3 Å². The lowest BCUT2D eigenvalue weighted by atomic mass is 9.42. The Balaban J connectivity index is 1.20. The first-order chi connectivity index (χ1) is 18.4.